The largest absolute Gasteiger partial charge is 0.352 e. The Bertz CT molecular complexity index is 930. The highest BCUT2D eigenvalue weighted by Crippen LogP contribution is 2.23. The molecule has 31 heavy (non-hydrogen) atoms. The molecule has 0 aliphatic carbocycles. The van der Waals surface area contributed by atoms with Crippen molar-refractivity contribution in [3.05, 3.63) is 107 Å². The summed E-state index contributed by atoms with van der Waals surface area (Å²) in [6, 6.07) is 29.2. The van der Waals surface area contributed by atoms with E-state index < -0.39 is 0 Å². The Hall–Kier alpha value is -2.91. The van der Waals surface area contributed by atoms with E-state index in [0.29, 0.717) is 6.54 Å². The molecule has 0 spiro atoms. The number of piperidine rings is 1. The molecular weight excluding hydrogens is 380 g/mol. The van der Waals surface area contributed by atoms with E-state index in [1.165, 1.54) is 36.0 Å². The van der Waals surface area contributed by atoms with E-state index in [0.717, 1.165) is 37.5 Å². The molecule has 1 amide bonds. The fourth-order valence-corrected chi connectivity index (χ4v) is 4.38. The van der Waals surface area contributed by atoms with Crippen LogP contribution in [0.5, 0.6) is 0 Å². The summed E-state index contributed by atoms with van der Waals surface area (Å²) < 4.78 is 0. The minimum atomic E-state index is 0.00390. The van der Waals surface area contributed by atoms with Crippen LogP contribution in [0.3, 0.4) is 0 Å². The predicted molar refractivity (Wildman–Crippen MR) is 127 cm³/mol. The molecule has 3 nitrogen and oxygen atoms in total. The third-order valence-electron chi connectivity index (χ3n) is 6.24. The second-order valence-electron chi connectivity index (χ2n) is 8.60. The first-order chi connectivity index (χ1) is 15.3. The summed E-state index contributed by atoms with van der Waals surface area (Å²) in [6.45, 7) is 3.93. The molecule has 3 aromatic rings. The number of benzene rings is 3. The second-order valence-corrected chi connectivity index (χ2v) is 8.60. The molecule has 1 N–H and O–H groups in total. The Morgan fingerprint density at radius 2 is 1.39 bits per heavy atom. The van der Waals surface area contributed by atoms with Crippen molar-refractivity contribution in [1.29, 1.82) is 0 Å². The Balaban J connectivity index is 1.19. The van der Waals surface area contributed by atoms with E-state index in [1.807, 2.05) is 30.3 Å². The monoisotopic (exact) mass is 412 g/mol. The number of hydrogen-bond donors (Lipinski definition) is 1. The Morgan fingerprint density at radius 1 is 0.774 bits per heavy atom. The van der Waals surface area contributed by atoms with Gasteiger partial charge in [0.05, 0.1) is 0 Å². The first-order valence-corrected chi connectivity index (χ1v) is 11.4. The van der Waals surface area contributed by atoms with Crippen molar-refractivity contribution < 1.29 is 4.79 Å². The van der Waals surface area contributed by atoms with Crippen LogP contribution in [0.4, 0.5) is 0 Å². The predicted octanol–water partition coefficient (Wildman–Crippen LogP) is 5.11. The molecule has 0 aromatic heterocycles. The van der Waals surface area contributed by atoms with Gasteiger partial charge in [0.25, 0.3) is 5.91 Å². The maximum absolute atomic E-state index is 12.4. The summed E-state index contributed by atoms with van der Waals surface area (Å²) in [6.07, 6.45) is 4.57. The van der Waals surface area contributed by atoms with Crippen LogP contribution in [0, 0.1) is 5.92 Å². The molecule has 1 heterocycles. The zero-order chi connectivity index (χ0) is 21.3. The van der Waals surface area contributed by atoms with Crippen LogP contribution in [0.25, 0.3) is 0 Å². The number of likely N-dealkylation sites (tertiary alicyclic amines) is 1. The third kappa shape index (κ3) is 6.53. The quantitative estimate of drug-likeness (QED) is 0.557. The van der Waals surface area contributed by atoms with Gasteiger partial charge in [-0.15, -0.1) is 0 Å². The van der Waals surface area contributed by atoms with Crippen molar-refractivity contribution in [2.75, 3.05) is 19.6 Å². The zero-order valence-corrected chi connectivity index (χ0v) is 18.2. The van der Waals surface area contributed by atoms with Gasteiger partial charge in [-0.2, -0.15) is 0 Å². The molecule has 0 unspecified atom stereocenters. The van der Waals surface area contributed by atoms with Gasteiger partial charge in [0.1, 0.15) is 0 Å². The Labute approximate surface area is 186 Å². The molecule has 160 valence electrons. The van der Waals surface area contributed by atoms with E-state index in [2.05, 4.69) is 64.8 Å². The van der Waals surface area contributed by atoms with E-state index in [1.54, 1.807) is 0 Å². The number of hydrogen-bond acceptors (Lipinski definition) is 2. The molecule has 1 aliphatic rings. The highest BCUT2D eigenvalue weighted by Gasteiger charge is 2.19. The number of carbonyl (C=O) groups is 1. The first kappa shape index (κ1) is 21.3. The van der Waals surface area contributed by atoms with Crippen LogP contribution in [0.15, 0.2) is 84.9 Å². The third-order valence-corrected chi connectivity index (χ3v) is 6.24. The van der Waals surface area contributed by atoms with Gasteiger partial charge in [0, 0.05) is 18.7 Å². The average molecular weight is 413 g/mol. The first-order valence-electron chi connectivity index (χ1n) is 11.4. The minimum Gasteiger partial charge on any atom is -0.352 e. The molecular formula is C28H32N2O. The lowest BCUT2D eigenvalue weighted by Crippen LogP contribution is -2.33. The number of nitrogens with zero attached hydrogens (tertiary/aromatic N) is 1. The van der Waals surface area contributed by atoms with Crippen LogP contribution < -0.4 is 5.32 Å². The molecule has 3 aromatic carbocycles. The van der Waals surface area contributed by atoms with Crippen LogP contribution in [0.2, 0.25) is 0 Å². The number of carbonyl (C=O) groups excluding carboxylic acids is 1. The minimum absolute atomic E-state index is 0.00390. The van der Waals surface area contributed by atoms with Gasteiger partial charge in [-0.3, -0.25) is 9.69 Å². The van der Waals surface area contributed by atoms with Crippen LogP contribution >= 0.6 is 0 Å². The molecule has 0 bridgehead atoms. The van der Waals surface area contributed by atoms with Gasteiger partial charge in [-0.25, -0.2) is 0 Å². The van der Waals surface area contributed by atoms with Gasteiger partial charge < -0.3 is 5.32 Å². The lowest BCUT2D eigenvalue weighted by atomic mass is 9.90. The molecule has 0 saturated carbocycles. The van der Waals surface area contributed by atoms with Gasteiger partial charge in [0.2, 0.25) is 0 Å². The van der Waals surface area contributed by atoms with Crippen LogP contribution in [-0.4, -0.2) is 30.4 Å². The lowest BCUT2D eigenvalue weighted by Gasteiger charge is -2.32. The van der Waals surface area contributed by atoms with Crippen LogP contribution in [-0.2, 0) is 19.4 Å². The van der Waals surface area contributed by atoms with Crippen molar-refractivity contribution >= 4 is 5.91 Å². The van der Waals surface area contributed by atoms with Crippen molar-refractivity contribution in [3.63, 3.8) is 0 Å². The Morgan fingerprint density at radius 3 is 2.03 bits per heavy atom. The molecule has 1 saturated heterocycles. The summed E-state index contributed by atoms with van der Waals surface area (Å²) in [4.78, 5) is 14.9. The topological polar surface area (TPSA) is 32.3 Å². The summed E-state index contributed by atoms with van der Waals surface area (Å²) in [5.74, 6) is 0.796. The van der Waals surface area contributed by atoms with E-state index in [4.69, 9.17) is 0 Å². The molecule has 1 fully saturated rings. The molecule has 0 atom stereocenters. The maximum atomic E-state index is 12.4. The molecule has 4 rings (SSSR count). The van der Waals surface area contributed by atoms with E-state index in [-0.39, 0.29) is 5.91 Å². The summed E-state index contributed by atoms with van der Waals surface area (Å²) in [5, 5.41) is 3.02. The van der Waals surface area contributed by atoms with E-state index in [9.17, 15) is 4.79 Å². The van der Waals surface area contributed by atoms with Gasteiger partial charge in [-0.1, -0.05) is 72.8 Å². The standard InChI is InChI=1S/C28H32N2O/c31-28(29-18-15-23-7-3-1-4-8-23)27-13-11-26(12-14-27)22-30-19-16-25(17-20-30)21-24-9-5-2-6-10-24/h1-14,25H,15-22H2,(H,29,31). The van der Waals surface area contributed by atoms with Gasteiger partial charge in [0.15, 0.2) is 0 Å². The molecule has 3 heteroatoms. The van der Waals surface area contributed by atoms with Crippen LogP contribution in [0.1, 0.15) is 39.9 Å². The second kappa shape index (κ2) is 10.9. The lowest BCUT2D eigenvalue weighted by molar-refractivity contribution is 0.0954. The smallest absolute Gasteiger partial charge is 0.251 e. The zero-order valence-electron chi connectivity index (χ0n) is 18.2. The van der Waals surface area contributed by atoms with Crippen molar-refractivity contribution in [2.24, 2.45) is 5.92 Å². The van der Waals surface area contributed by atoms with Crippen molar-refractivity contribution in [1.82, 2.24) is 10.2 Å². The van der Waals surface area contributed by atoms with Gasteiger partial charge in [-0.05, 0) is 73.5 Å². The highest BCUT2D eigenvalue weighted by molar-refractivity contribution is 5.94. The fourth-order valence-electron chi connectivity index (χ4n) is 4.38. The summed E-state index contributed by atoms with van der Waals surface area (Å²) in [7, 11) is 0. The molecule has 1 aliphatic heterocycles. The Kier molecular flexibility index (Phi) is 7.51. The molecule has 0 radical (unpaired) electrons. The van der Waals surface area contributed by atoms with Gasteiger partial charge >= 0.3 is 0 Å². The summed E-state index contributed by atoms with van der Waals surface area (Å²) in [5.41, 5.74) is 4.71. The summed E-state index contributed by atoms with van der Waals surface area (Å²) >= 11 is 0. The maximum Gasteiger partial charge on any atom is 0.251 e. The SMILES string of the molecule is O=C(NCCc1ccccc1)c1ccc(CN2CCC(Cc3ccccc3)CC2)cc1. The fraction of sp³-hybridized carbons (Fsp3) is 0.321. The van der Waals surface area contributed by atoms with Crippen molar-refractivity contribution in [2.45, 2.75) is 32.2 Å². The number of rotatable bonds is 8. The number of nitrogens with one attached hydrogen (secondary N) is 1. The highest BCUT2D eigenvalue weighted by atomic mass is 16.1. The normalized spacial score (nSPS) is 15.0. The number of amides is 1. The van der Waals surface area contributed by atoms with Crippen molar-refractivity contribution in [3.8, 4) is 0 Å². The average Bonchev–Trinajstić information content (AvgIpc) is 2.82. The van der Waals surface area contributed by atoms with E-state index >= 15 is 0 Å².